The van der Waals surface area contributed by atoms with E-state index in [1.807, 2.05) is 38.1 Å². The van der Waals surface area contributed by atoms with Crippen LogP contribution in [-0.2, 0) is 4.79 Å². The van der Waals surface area contributed by atoms with Gasteiger partial charge in [-0.25, -0.2) is 14.4 Å². The SMILES string of the molecule is Cc1nc(N=CCC2CC(COc3ccc(F)cc3C#N)C2)nc2c1NC(=O)[C@H](C)N2C. The summed E-state index contributed by atoms with van der Waals surface area (Å²) in [6.07, 6.45) is 4.68. The Balaban J connectivity index is 1.28. The molecular formula is C23H25FN6O2. The van der Waals surface area contributed by atoms with Crippen LogP contribution in [0.15, 0.2) is 23.2 Å². The number of hydrogen-bond donors (Lipinski definition) is 1. The Morgan fingerprint density at radius 1 is 1.38 bits per heavy atom. The van der Waals surface area contributed by atoms with Crippen molar-refractivity contribution in [3.63, 3.8) is 0 Å². The van der Waals surface area contributed by atoms with Crippen molar-refractivity contribution in [3.8, 4) is 11.8 Å². The Hall–Kier alpha value is -3.54. The number of carbonyl (C=O) groups is 1. The van der Waals surface area contributed by atoms with Crippen LogP contribution in [0.2, 0.25) is 0 Å². The Kier molecular flexibility index (Phi) is 6.04. The third-order valence-electron chi connectivity index (χ3n) is 6.12. The highest BCUT2D eigenvalue weighted by atomic mass is 19.1. The molecule has 1 aromatic heterocycles. The van der Waals surface area contributed by atoms with E-state index in [1.165, 1.54) is 18.2 Å². The molecule has 1 aromatic carbocycles. The molecule has 1 N–H and O–H groups in total. The summed E-state index contributed by atoms with van der Waals surface area (Å²) in [6.45, 7) is 4.17. The number of aryl methyl sites for hydroxylation is 1. The fourth-order valence-corrected chi connectivity index (χ4v) is 4.00. The van der Waals surface area contributed by atoms with Gasteiger partial charge in [0, 0.05) is 13.3 Å². The average molecular weight is 436 g/mol. The highest BCUT2D eigenvalue weighted by molar-refractivity contribution is 6.03. The lowest BCUT2D eigenvalue weighted by Gasteiger charge is -2.34. The molecule has 1 aliphatic carbocycles. The number of aliphatic imine (C=N–C) groups is 1. The lowest BCUT2D eigenvalue weighted by molar-refractivity contribution is -0.117. The molecule has 1 amide bonds. The number of nitrogens with one attached hydrogen (secondary N) is 1. The van der Waals surface area contributed by atoms with Gasteiger partial charge in [0.15, 0.2) is 5.82 Å². The fourth-order valence-electron chi connectivity index (χ4n) is 4.00. The third-order valence-corrected chi connectivity index (χ3v) is 6.12. The van der Waals surface area contributed by atoms with E-state index < -0.39 is 5.82 Å². The summed E-state index contributed by atoms with van der Waals surface area (Å²) in [6, 6.07) is 5.64. The van der Waals surface area contributed by atoms with Gasteiger partial charge in [0.2, 0.25) is 5.91 Å². The van der Waals surface area contributed by atoms with E-state index in [1.54, 1.807) is 0 Å². The molecule has 32 heavy (non-hydrogen) atoms. The van der Waals surface area contributed by atoms with Crippen molar-refractivity contribution in [2.75, 3.05) is 23.9 Å². The molecule has 0 unspecified atom stereocenters. The minimum atomic E-state index is -0.444. The number of hydrogen-bond acceptors (Lipinski definition) is 7. The average Bonchev–Trinajstić information content (AvgIpc) is 2.74. The molecule has 2 heterocycles. The van der Waals surface area contributed by atoms with Gasteiger partial charge in [-0.3, -0.25) is 4.79 Å². The first-order chi connectivity index (χ1) is 15.4. The molecule has 1 aliphatic heterocycles. The summed E-state index contributed by atoms with van der Waals surface area (Å²) in [5.41, 5.74) is 1.54. The van der Waals surface area contributed by atoms with E-state index in [-0.39, 0.29) is 17.5 Å². The first-order valence-corrected chi connectivity index (χ1v) is 10.6. The van der Waals surface area contributed by atoms with Gasteiger partial charge in [-0.05, 0) is 63.1 Å². The number of nitrogens with zero attached hydrogens (tertiary/aromatic N) is 5. The van der Waals surface area contributed by atoms with Crippen LogP contribution in [0.3, 0.4) is 0 Å². The Labute approximate surface area is 186 Å². The molecule has 1 fully saturated rings. The zero-order valence-corrected chi connectivity index (χ0v) is 18.3. The number of anilines is 2. The minimum absolute atomic E-state index is 0.0743. The lowest BCUT2D eigenvalue weighted by atomic mass is 9.74. The van der Waals surface area contributed by atoms with Gasteiger partial charge in [-0.2, -0.15) is 10.2 Å². The van der Waals surface area contributed by atoms with E-state index in [0.29, 0.717) is 47.3 Å². The number of amides is 1. The van der Waals surface area contributed by atoms with Crippen molar-refractivity contribution in [1.29, 1.82) is 5.26 Å². The van der Waals surface area contributed by atoms with Crippen LogP contribution in [0.5, 0.6) is 5.75 Å². The number of halogens is 1. The number of benzene rings is 1. The van der Waals surface area contributed by atoms with E-state index in [2.05, 4.69) is 20.3 Å². The maximum Gasteiger partial charge on any atom is 0.251 e. The van der Waals surface area contributed by atoms with Crippen LogP contribution in [0, 0.1) is 35.9 Å². The normalized spacial score (nSPS) is 22.2. The Morgan fingerprint density at radius 2 is 2.16 bits per heavy atom. The minimum Gasteiger partial charge on any atom is -0.492 e. The predicted octanol–water partition coefficient (Wildman–Crippen LogP) is 3.77. The topological polar surface area (TPSA) is 103 Å². The van der Waals surface area contributed by atoms with Crippen molar-refractivity contribution in [2.24, 2.45) is 16.8 Å². The van der Waals surface area contributed by atoms with Crippen molar-refractivity contribution in [3.05, 3.63) is 35.3 Å². The Morgan fingerprint density at radius 3 is 2.91 bits per heavy atom. The van der Waals surface area contributed by atoms with Crippen LogP contribution < -0.4 is 15.0 Å². The zero-order chi connectivity index (χ0) is 22.8. The molecule has 0 spiro atoms. The maximum atomic E-state index is 13.2. The fraction of sp³-hybridized carbons (Fsp3) is 0.435. The summed E-state index contributed by atoms with van der Waals surface area (Å²) in [5, 5.41) is 12.0. The molecule has 4 rings (SSSR count). The quantitative estimate of drug-likeness (QED) is 0.692. The van der Waals surface area contributed by atoms with Crippen molar-refractivity contribution >= 4 is 29.6 Å². The molecule has 8 nitrogen and oxygen atoms in total. The van der Waals surface area contributed by atoms with Gasteiger partial charge in [0.25, 0.3) is 5.95 Å². The number of ether oxygens (including phenoxy) is 1. The summed E-state index contributed by atoms with van der Waals surface area (Å²) in [4.78, 5) is 27.2. The van der Waals surface area contributed by atoms with Crippen LogP contribution in [0.25, 0.3) is 0 Å². The largest absolute Gasteiger partial charge is 0.492 e. The number of nitriles is 1. The second-order valence-corrected chi connectivity index (χ2v) is 8.40. The van der Waals surface area contributed by atoms with E-state index in [0.717, 1.165) is 19.3 Å². The zero-order valence-electron chi connectivity index (χ0n) is 18.3. The van der Waals surface area contributed by atoms with Gasteiger partial charge in [-0.1, -0.05) is 0 Å². The van der Waals surface area contributed by atoms with Gasteiger partial charge in [0.05, 0.1) is 17.9 Å². The molecule has 0 saturated heterocycles. The standard InChI is InChI=1S/C23H25FN6O2/c1-13-20-21(30(3)14(2)22(31)28-20)29-23(27-13)26-7-6-15-8-16(9-15)12-32-19-5-4-18(24)10-17(19)11-25/h4-5,7,10,14-16H,6,8-9,12H2,1-3H3,(H,28,31)/t14-,15?,16?/m0/s1. The van der Waals surface area contributed by atoms with Gasteiger partial charge in [0.1, 0.15) is 29.4 Å². The summed E-state index contributed by atoms with van der Waals surface area (Å²) in [7, 11) is 1.84. The summed E-state index contributed by atoms with van der Waals surface area (Å²) < 4.78 is 18.9. The Bertz CT molecular complexity index is 1110. The maximum absolute atomic E-state index is 13.2. The van der Waals surface area contributed by atoms with Crippen LogP contribution in [0.1, 0.15) is 37.4 Å². The van der Waals surface area contributed by atoms with Crippen molar-refractivity contribution in [2.45, 2.75) is 39.2 Å². The number of fused-ring (bicyclic) bond motifs is 1. The molecule has 1 saturated carbocycles. The number of likely N-dealkylation sites (N-methyl/N-ethyl adjacent to an activating group) is 1. The van der Waals surface area contributed by atoms with Crippen molar-refractivity contribution < 1.29 is 13.9 Å². The first-order valence-electron chi connectivity index (χ1n) is 10.6. The van der Waals surface area contributed by atoms with Crippen molar-refractivity contribution in [1.82, 2.24) is 9.97 Å². The molecule has 166 valence electrons. The molecule has 9 heteroatoms. The van der Waals surface area contributed by atoms with E-state index in [4.69, 9.17) is 10.00 Å². The van der Waals surface area contributed by atoms with Crippen LogP contribution >= 0.6 is 0 Å². The number of rotatable bonds is 6. The van der Waals surface area contributed by atoms with E-state index >= 15 is 0 Å². The molecule has 1 atom stereocenters. The predicted molar refractivity (Wildman–Crippen MR) is 119 cm³/mol. The third kappa shape index (κ3) is 4.40. The number of aromatic nitrogens is 2. The van der Waals surface area contributed by atoms with Crippen LogP contribution in [-0.4, -0.2) is 41.8 Å². The highest BCUT2D eigenvalue weighted by Crippen LogP contribution is 2.37. The molecular weight excluding hydrogens is 411 g/mol. The summed E-state index contributed by atoms with van der Waals surface area (Å²) in [5.74, 6) is 1.89. The molecule has 0 bridgehead atoms. The molecule has 2 aromatic rings. The summed E-state index contributed by atoms with van der Waals surface area (Å²) >= 11 is 0. The van der Waals surface area contributed by atoms with Gasteiger partial charge < -0.3 is 15.0 Å². The van der Waals surface area contributed by atoms with Crippen LogP contribution in [0.4, 0.5) is 21.8 Å². The van der Waals surface area contributed by atoms with Gasteiger partial charge in [-0.15, -0.1) is 0 Å². The highest BCUT2D eigenvalue weighted by Gasteiger charge is 2.31. The first kappa shape index (κ1) is 21.7. The lowest BCUT2D eigenvalue weighted by Crippen LogP contribution is -2.44. The second kappa shape index (κ2) is 8.91. The molecule has 0 radical (unpaired) electrons. The second-order valence-electron chi connectivity index (χ2n) is 8.40. The monoisotopic (exact) mass is 436 g/mol. The van der Waals surface area contributed by atoms with E-state index in [9.17, 15) is 9.18 Å². The number of carbonyl (C=O) groups excluding carboxylic acids is 1. The molecule has 2 aliphatic rings. The smallest absolute Gasteiger partial charge is 0.251 e. The van der Waals surface area contributed by atoms with Gasteiger partial charge >= 0.3 is 0 Å².